The monoisotopic (exact) mass is 348 g/mol. The molecule has 1 aliphatic rings. The van der Waals surface area contributed by atoms with Gasteiger partial charge in [0.2, 0.25) is 0 Å². The first kappa shape index (κ1) is 16.9. The predicted molar refractivity (Wildman–Crippen MR) is 95.4 cm³/mol. The molecule has 7 nitrogen and oxygen atoms in total. The summed E-state index contributed by atoms with van der Waals surface area (Å²) in [6, 6.07) is 0. The number of aromatic nitrogens is 3. The SMILES string of the molecule is CN=C(NCCc1ncc(C)s1)N1CCOC(c2cnn(C)c2)C1. The maximum Gasteiger partial charge on any atom is 0.193 e. The first-order valence-corrected chi connectivity index (χ1v) is 8.94. The van der Waals surface area contributed by atoms with E-state index in [-0.39, 0.29) is 6.10 Å². The van der Waals surface area contributed by atoms with E-state index >= 15 is 0 Å². The van der Waals surface area contributed by atoms with Crippen LogP contribution in [-0.4, -0.2) is 58.9 Å². The van der Waals surface area contributed by atoms with Gasteiger partial charge in [-0.25, -0.2) is 4.98 Å². The summed E-state index contributed by atoms with van der Waals surface area (Å²) in [7, 11) is 3.75. The summed E-state index contributed by atoms with van der Waals surface area (Å²) in [5.74, 6) is 0.917. The van der Waals surface area contributed by atoms with Crippen LogP contribution in [0.15, 0.2) is 23.6 Å². The maximum absolute atomic E-state index is 5.89. The number of nitrogens with one attached hydrogen (secondary N) is 1. The second-order valence-corrected chi connectivity index (χ2v) is 7.16. The molecule has 1 fully saturated rings. The highest BCUT2D eigenvalue weighted by Gasteiger charge is 2.25. The number of nitrogens with zero attached hydrogens (tertiary/aromatic N) is 5. The Labute approximate surface area is 146 Å². The van der Waals surface area contributed by atoms with E-state index < -0.39 is 0 Å². The van der Waals surface area contributed by atoms with Crippen molar-refractivity contribution in [1.29, 1.82) is 0 Å². The molecule has 0 radical (unpaired) electrons. The average molecular weight is 348 g/mol. The van der Waals surface area contributed by atoms with E-state index in [0.717, 1.165) is 42.6 Å². The summed E-state index contributed by atoms with van der Waals surface area (Å²) < 4.78 is 7.70. The molecule has 0 aromatic carbocycles. The minimum atomic E-state index is 0.0348. The van der Waals surface area contributed by atoms with Crippen LogP contribution >= 0.6 is 11.3 Å². The molecule has 0 spiro atoms. The van der Waals surface area contributed by atoms with Gasteiger partial charge in [0.25, 0.3) is 0 Å². The first-order chi connectivity index (χ1) is 11.7. The van der Waals surface area contributed by atoms with Gasteiger partial charge >= 0.3 is 0 Å². The topological polar surface area (TPSA) is 67.6 Å². The van der Waals surface area contributed by atoms with Gasteiger partial charge in [0.05, 0.1) is 24.4 Å². The Bertz CT molecular complexity index is 694. The van der Waals surface area contributed by atoms with Crippen LogP contribution < -0.4 is 5.32 Å². The minimum Gasteiger partial charge on any atom is -0.370 e. The Hall–Kier alpha value is -1.93. The molecule has 1 atom stereocenters. The number of aliphatic imine (C=N–C) groups is 1. The van der Waals surface area contributed by atoms with Gasteiger partial charge in [-0.1, -0.05) is 0 Å². The lowest BCUT2D eigenvalue weighted by Gasteiger charge is -2.34. The highest BCUT2D eigenvalue weighted by molar-refractivity contribution is 7.11. The fourth-order valence-electron chi connectivity index (χ4n) is 2.78. The molecule has 130 valence electrons. The summed E-state index contributed by atoms with van der Waals surface area (Å²) in [5.41, 5.74) is 1.11. The van der Waals surface area contributed by atoms with Crippen LogP contribution in [0.4, 0.5) is 0 Å². The van der Waals surface area contributed by atoms with Crippen molar-refractivity contribution >= 4 is 17.3 Å². The third kappa shape index (κ3) is 4.12. The van der Waals surface area contributed by atoms with Gasteiger partial charge in [-0.15, -0.1) is 11.3 Å². The zero-order chi connectivity index (χ0) is 16.9. The van der Waals surface area contributed by atoms with E-state index in [4.69, 9.17) is 4.74 Å². The fraction of sp³-hybridized carbons (Fsp3) is 0.562. The van der Waals surface area contributed by atoms with Gasteiger partial charge in [0.1, 0.15) is 6.10 Å². The summed E-state index contributed by atoms with van der Waals surface area (Å²) in [6.45, 7) is 5.22. The molecule has 3 rings (SSSR count). The Morgan fingerprint density at radius 1 is 1.50 bits per heavy atom. The molecule has 1 unspecified atom stereocenters. The molecular weight excluding hydrogens is 324 g/mol. The molecule has 2 aromatic rings. The number of hydrogen-bond donors (Lipinski definition) is 1. The van der Waals surface area contributed by atoms with Crippen LogP contribution in [0.5, 0.6) is 0 Å². The molecule has 0 amide bonds. The Kier molecular flexibility index (Phi) is 5.47. The molecule has 2 aromatic heterocycles. The second kappa shape index (κ2) is 7.76. The maximum atomic E-state index is 5.89. The van der Waals surface area contributed by atoms with Gasteiger partial charge in [-0.3, -0.25) is 9.67 Å². The van der Waals surface area contributed by atoms with E-state index in [2.05, 4.69) is 32.2 Å². The van der Waals surface area contributed by atoms with Crippen molar-refractivity contribution in [2.24, 2.45) is 12.0 Å². The van der Waals surface area contributed by atoms with Gasteiger partial charge in [-0.05, 0) is 6.92 Å². The third-order valence-corrected chi connectivity index (χ3v) is 4.94. The first-order valence-electron chi connectivity index (χ1n) is 8.12. The Morgan fingerprint density at radius 2 is 2.38 bits per heavy atom. The molecule has 1 N–H and O–H groups in total. The van der Waals surface area contributed by atoms with E-state index in [1.165, 1.54) is 4.88 Å². The van der Waals surface area contributed by atoms with Crippen LogP contribution in [-0.2, 0) is 18.2 Å². The molecule has 0 bridgehead atoms. The molecular formula is C16H24N6OS. The van der Waals surface area contributed by atoms with E-state index in [1.807, 2.05) is 32.7 Å². The van der Waals surface area contributed by atoms with E-state index in [1.54, 1.807) is 16.0 Å². The van der Waals surface area contributed by atoms with Gasteiger partial charge < -0.3 is 15.0 Å². The summed E-state index contributed by atoms with van der Waals surface area (Å²) >= 11 is 1.75. The van der Waals surface area contributed by atoms with Crippen molar-refractivity contribution < 1.29 is 4.74 Å². The number of rotatable bonds is 4. The Morgan fingerprint density at radius 3 is 3.04 bits per heavy atom. The highest BCUT2D eigenvalue weighted by Crippen LogP contribution is 2.21. The van der Waals surface area contributed by atoms with Crippen LogP contribution in [0, 0.1) is 6.92 Å². The predicted octanol–water partition coefficient (Wildman–Crippen LogP) is 1.38. The number of aryl methyl sites for hydroxylation is 2. The molecule has 8 heteroatoms. The van der Waals surface area contributed by atoms with Crippen molar-refractivity contribution in [1.82, 2.24) is 25.0 Å². The van der Waals surface area contributed by atoms with Crippen molar-refractivity contribution in [2.75, 3.05) is 33.3 Å². The third-order valence-electron chi connectivity index (χ3n) is 3.97. The lowest BCUT2D eigenvalue weighted by Crippen LogP contribution is -2.48. The van der Waals surface area contributed by atoms with Crippen molar-refractivity contribution in [2.45, 2.75) is 19.4 Å². The average Bonchev–Trinajstić information content (AvgIpc) is 3.20. The summed E-state index contributed by atoms with van der Waals surface area (Å²) in [6.07, 6.45) is 6.75. The lowest BCUT2D eigenvalue weighted by atomic mass is 10.1. The minimum absolute atomic E-state index is 0.0348. The molecule has 3 heterocycles. The smallest absolute Gasteiger partial charge is 0.193 e. The molecule has 0 aliphatic carbocycles. The zero-order valence-corrected chi connectivity index (χ0v) is 15.2. The summed E-state index contributed by atoms with van der Waals surface area (Å²) in [4.78, 5) is 12.3. The van der Waals surface area contributed by atoms with Gasteiger partial charge in [0.15, 0.2) is 5.96 Å². The number of thiazole rings is 1. The fourth-order valence-corrected chi connectivity index (χ4v) is 3.57. The molecule has 0 saturated carbocycles. The van der Waals surface area contributed by atoms with Crippen LogP contribution in [0.3, 0.4) is 0 Å². The van der Waals surface area contributed by atoms with Crippen molar-refractivity contribution in [3.63, 3.8) is 0 Å². The Balaban J connectivity index is 1.54. The molecule has 1 saturated heterocycles. The lowest BCUT2D eigenvalue weighted by molar-refractivity contribution is -0.00800. The second-order valence-electron chi connectivity index (χ2n) is 5.84. The number of morpholine rings is 1. The van der Waals surface area contributed by atoms with Crippen LogP contribution in [0.25, 0.3) is 0 Å². The quantitative estimate of drug-likeness (QED) is 0.668. The van der Waals surface area contributed by atoms with Gasteiger partial charge in [-0.2, -0.15) is 5.10 Å². The summed E-state index contributed by atoms with van der Waals surface area (Å²) in [5, 5.41) is 8.83. The molecule has 24 heavy (non-hydrogen) atoms. The normalized spacial score (nSPS) is 18.9. The molecule has 1 aliphatic heterocycles. The van der Waals surface area contributed by atoms with Crippen LogP contribution in [0.2, 0.25) is 0 Å². The van der Waals surface area contributed by atoms with Gasteiger partial charge in [0, 0.05) is 56.4 Å². The van der Waals surface area contributed by atoms with Crippen molar-refractivity contribution in [3.05, 3.63) is 34.0 Å². The van der Waals surface area contributed by atoms with Crippen LogP contribution in [0.1, 0.15) is 21.6 Å². The number of guanidine groups is 1. The largest absolute Gasteiger partial charge is 0.370 e. The van der Waals surface area contributed by atoms with E-state index in [0.29, 0.717) is 6.61 Å². The highest BCUT2D eigenvalue weighted by atomic mass is 32.1. The zero-order valence-electron chi connectivity index (χ0n) is 14.4. The van der Waals surface area contributed by atoms with E-state index in [9.17, 15) is 0 Å². The van der Waals surface area contributed by atoms with Crippen molar-refractivity contribution in [3.8, 4) is 0 Å². The standard InChI is InChI=1S/C16H24N6OS/c1-12-8-19-15(24-12)4-5-18-16(17-2)22-6-7-23-14(11-22)13-9-20-21(3)10-13/h8-10,14H,4-7,11H2,1-3H3,(H,17,18). The number of ether oxygens (including phenoxy) is 1. The number of hydrogen-bond acceptors (Lipinski definition) is 5.